The number of aromatic nitrogens is 1. The summed E-state index contributed by atoms with van der Waals surface area (Å²) in [5.74, 6) is -0.612. The van der Waals surface area contributed by atoms with E-state index in [0.717, 1.165) is 5.56 Å². The van der Waals surface area contributed by atoms with Crippen LogP contribution in [0.5, 0.6) is 5.75 Å². The van der Waals surface area contributed by atoms with Crippen LogP contribution in [0, 0.1) is 0 Å². The summed E-state index contributed by atoms with van der Waals surface area (Å²) in [6, 6.07) is 7.38. The third-order valence-corrected chi connectivity index (χ3v) is 3.72. The molecule has 0 aliphatic heterocycles. The molecule has 29 heavy (non-hydrogen) atoms. The molecule has 2 aromatic rings. The van der Waals surface area contributed by atoms with Gasteiger partial charge in [0.15, 0.2) is 0 Å². The van der Waals surface area contributed by atoms with E-state index in [9.17, 15) is 14.7 Å². The minimum atomic E-state index is -0.948. The Morgan fingerprint density at radius 1 is 1.24 bits per heavy atom. The number of nitrogens with one attached hydrogen (secondary N) is 1. The number of amides is 1. The molecule has 1 aromatic carbocycles. The number of hydrogen-bond acceptors (Lipinski definition) is 7. The Morgan fingerprint density at radius 3 is 2.55 bits per heavy atom. The minimum Gasteiger partial charge on any atom is -0.506 e. The summed E-state index contributed by atoms with van der Waals surface area (Å²) in [6.07, 6.45) is 4.30. The van der Waals surface area contributed by atoms with Gasteiger partial charge in [0.1, 0.15) is 23.1 Å². The Labute approximate surface area is 169 Å². The summed E-state index contributed by atoms with van der Waals surface area (Å²) >= 11 is 0. The third kappa shape index (κ3) is 7.25. The molecule has 2 rings (SSSR count). The molecule has 8 nitrogen and oxygen atoms in total. The number of aromatic hydroxyl groups is 1. The minimum absolute atomic E-state index is 0.00576. The highest BCUT2D eigenvalue weighted by atomic mass is 16.6. The summed E-state index contributed by atoms with van der Waals surface area (Å²) in [6.45, 7) is 5.19. The van der Waals surface area contributed by atoms with E-state index in [0.29, 0.717) is 11.3 Å². The number of ether oxygens (including phenoxy) is 2. The van der Waals surface area contributed by atoms with E-state index in [1.807, 2.05) is 0 Å². The third-order valence-electron chi connectivity index (χ3n) is 3.72. The van der Waals surface area contributed by atoms with Crippen LogP contribution < -0.4 is 5.32 Å². The number of benzene rings is 1. The summed E-state index contributed by atoms with van der Waals surface area (Å²) in [5, 5.41) is 12.6. The van der Waals surface area contributed by atoms with E-state index >= 15 is 0 Å². The molecule has 1 aromatic heterocycles. The molecule has 1 atom stereocenters. The van der Waals surface area contributed by atoms with Gasteiger partial charge in [-0.05, 0) is 56.2 Å². The number of rotatable bonds is 6. The lowest BCUT2D eigenvalue weighted by Gasteiger charge is -2.22. The van der Waals surface area contributed by atoms with Crippen molar-refractivity contribution in [2.24, 2.45) is 4.99 Å². The molecule has 0 aliphatic rings. The number of esters is 1. The molecule has 0 saturated carbocycles. The molecule has 0 radical (unpaired) electrons. The lowest BCUT2D eigenvalue weighted by Crippen LogP contribution is -2.45. The Hall–Kier alpha value is -3.42. The number of aliphatic imine (C=N–C) groups is 1. The van der Waals surface area contributed by atoms with E-state index in [-0.39, 0.29) is 12.2 Å². The van der Waals surface area contributed by atoms with Crippen molar-refractivity contribution in [3.63, 3.8) is 0 Å². The Morgan fingerprint density at radius 2 is 1.93 bits per heavy atom. The number of phenolic OH excluding ortho intramolecular Hbond substituents is 1. The van der Waals surface area contributed by atoms with Crippen molar-refractivity contribution >= 4 is 24.0 Å². The van der Waals surface area contributed by atoms with Gasteiger partial charge in [-0.1, -0.05) is 6.07 Å². The van der Waals surface area contributed by atoms with Crippen molar-refractivity contribution in [3.8, 4) is 5.75 Å². The quantitative estimate of drug-likeness (QED) is 0.570. The van der Waals surface area contributed by atoms with Gasteiger partial charge < -0.3 is 19.9 Å². The van der Waals surface area contributed by atoms with Crippen molar-refractivity contribution < 1.29 is 24.2 Å². The number of phenols is 1. The molecular formula is C21H25N3O5. The molecule has 0 aliphatic carbocycles. The Balaban J connectivity index is 2.17. The zero-order valence-electron chi connectivity index (χ0n) is 16.9. The van der Waals surface area contributed by atoms with Gasteiger partial charge in [0.2, 0.25) is 0 Å². The standard InChI is InChI=1S/C21H25N3O5/c1-21(2,3)29-20(27)24-17(19(26)28-4)12-15-5-6-18(25)16(11-15)23-13-14-7-9-22-10-8-14/h5-11,13,17,25H,12H2,1-4H3,(H,24,27). The second kappa shape index (κ2) is 9.68. The van der Waals surface area contributed by atoms with E-state index in [1.165, 1.54) is 13.2 Å². The van der Waals surface area contributed by atoms with Gasteiger partial charge in [-0.2, -0.15) is 0 Å². The zero-order valence-corrected chi connectivity index (χ0v) is 16.9. The molecule has 0 bridgehead atoms. The molecular weight excluding hydrogens is 374 g/mol. The predicted octanol–water partition coefficient (Wildman–Crippen LogP) is 3.15. The molecule has 1 heterocycles. The molecule has 8 heteroatoms. The van der Waals surface area contributed by atoms with Gasteiger partial charge >= 0.3 is 12.1 Å². The van der Waals surface area contributed by atoms with E-state index in [4.69, 9.17) is 9.47 Å². The highest BCUT2D eigenvalue weighted by molar-refractivity contribution is 5.83. The molecule has 0 fully saturated rings. The first kappa shape index (κ1) is 21.9. The second-order valence-corrected chi connectivity index (χ2v) is 7.29. The van der Waals surface area contributed by atoms with Gasteiger partial charge in [-0.3, -0.25) is 9.98 Å². The topological polar surface area (TPSA) is 110 Å². The fourth-order valence-electron chi connectivity index (χ4n) is 2.41. The largest absolute Gasteiger partial charge is 0.506 e. The smallest absolute Gasteiger partial charge is 0.408 e. The molecule has 0 saturated heterocycles. The van der Waals surface area contributed by atoms with E-state index < -0.39 is 23.7 Å². The van der Waals surface area contributed by atoms with Crippen molar-refractivity contribution in [3.05, 3.63) is 53.9 Å². The number of pyridine rings is 1. The van der Waals surface area contributed by atoms with Crippen LogP contribution in [0.4, 0.5) is 10.5 Å². The van der Waals surface area contributed by atoms with Crippen LogP contribution >= 0.6 is 0 Å². The van der Waals surface area contributed by atoms with Crippen molar-refractivity contribution in [2.45, 2.75) is 38.8 Å². The maximum atomic E-state index is 12.1. The Kier molecular flexibility index (Phi) is 7.30. The monoisotopic (exact) mass is 399 g/mol. The first-order valence-corrected chi connectivity index (χ1v) is 9.01. The molecule has 1 unspecified atom stereocenters. The zero-order chi connectivity index (χ0) is 21.4. The van der Waals surface area contributed by atoms with E-state index in [2.05, 4.69) is 15.3 Å². The molecule has 0 spiro atoms. The summed E-state index contributed by atoms with van der Waals surface area (Å²) in [4.78, 5) is 32.4. The fourth-order valence-corrected chi connectivity index (χ4v) is 2.41. The fraction of sp³-hybridized carbons (Fsp3) is 0.333. The van der Waals surface area contributed by atoms with Crippen LogP contribution in [0.1, 0.15) is 31.9 Å². The summed E-state index contributed by atoms with van der Waals surface area (Å²) in [5.41, 5.74) is 1.14. The molecule has 2 N–H and O–H groups in total. The van der Waals surface area contributed by atoms with Gasteiger partial charge in [0.05, 0.1) is 7.11 Å². The highest BCUT2D eigenvalue weighted by Gasteiger charge is 2.25. The van der Waals surface area contributed by atoms with Crippen molar-refractivity contribution in [1.82, 2.24) is 10.3 Å². The maximum absolute atomic E-state index is 12.1. The second-order valence-electron chi connectivity index (χ2n) is 7.29. The van der Waals surface area contributed by atoms with Crippen LogP contribution in [0.15, 0.2) is 47.7 Å². The van der Waals surface area contributed by atoms with Crippen molar-refractivity contribution in [2.75, 3.05) is 7.11 Å². The van der Waals surface area contributed by atoms with Crippen LogP contribution in [-0.2, 0) is 20.7 Å². The average Bonchev–Trinajstić information content (AvgIpc) is 2.66. The maximum Gasteiger partial charge on any atom is 0.408 e. The van der Waals surface area contributed by atoms with Crippen LogP contribution in [0.2, 0.25) is 0 Å². The van der Waals surface area contributed by atoms with Gasteiger partial charge in [-0.25, -0.2) is 9.59 Å². The first-order valence-electron chi connectivity index (χ1n) is 9.01. The van der Waals surface area contributed by atoms with Gasteiger partial charge in [-0.15, -0.1) is 0 Å². The number of nitrogens with zero attached hydrogens (tertiary/aromatic N) is 2. The lowest BCUT2D eigenvalue weighted by molar-refractivity contribution is -0.143. The van der Waals surface area contributed by atoms with Gasteiger partial charge in [0.25, 0.3) is 0 Å². The highest BCUT2D eigenvalue weighted by Crippen LogP contribution is 2.28. The summed E-state index contributed by atoms with van der Waals surface area (Å²) in [7, 11) is 1.24. The molecule has 154 valence electrons. The normalized spacial score (nSPS) is 12.4. The van der Waals surface area contributed by atoms with E-state index in [1.54, 1.807) is 63.6 Å². The SMILES string of the molecule is COC(=O)C(Cc1ccc(O)c(N=Cc2ccncc2)c1)NC(=O)OC(C)(C)C. The number of carbonyl (C=O) groups excluding carboxylic acids is 2. The van der Waals surface area contributed by atoms with Gasteiger partial charge in [0, 0.05) is 25.0 Å². The number of methoxy groups -OCH3 is 1. The van der Waals surface area contributed by atoms with Crippen LogP contribution in [-0.4, -0.2) is 47.1 Å². The number of carbonyl (C=O) groups is 2. The van der Waals surface area contributed by atoms with Crippen LogP contribution in [0.3, 0.4) is 0 Å². The van der Waals surface area contributed by atoms with Crippen molar-refractivity contribution in [1.29, 1.82) is 0 Å². The first-order chi connectivity index (χ1) is 13.7. The number of alkyl carbamates (subject to hydrolysis) is 1. The predicted molar refractivity (Wildman–Crippen MR) is 108 cm³/mol. The molecule has 1 amide bonds. The summed E-state index contributed by atoms with van der Waals surface area (Å²) < 4.78 is 9.99. The Bertz CT molecular complexity index is 876. The number of hydrogen-bond donors (Lipinski definition) is 2. The lowest BCUT2D eigenvalue weighted by atomic mass is 10.0. The van der Waals surface area contributed by atoms with Crippen LogP contribution in [0.25, 0.3) is 0 Å². The average molecular weight is 399 g/mol.